The van der Waals surface area contributed by atoms with E-state index in [0.29, 0.717) is 0 Å². The Morgan fingerprint density at radius 1 is 0.833 bits per heavy atom. The van der Waals surface area contributed by atoms with Gasteiger partial charge in [0.2, 0.25) is 0 Å². The van der Waals surface area contributed by atoms with Gasteiger partial charge in [0.05, 0.1) is 0 Å². The summed E-state index contributed by atoms with van der Waals surface area (Å²) in [6.45, 7) is 0. The predicted molar refractivity (Wildman–Crippen MR) is 55.2 cm³/mol. The van der Waals surface area contributed by atoms with Gasteiger partial charge in [0.15, 0.2) is 0 Å². The maximum absolute atomic E-state index is 2.34. The summed E-state index contributed by atoms with van der Waals surface area (Å²) in [4.78, 5) is 0. The maximum atomic E-state index is 2.34. The molecule has 0 nitrogen and oxygen atoms in total. The second kappa shape index (κ2) is 4.69. The second-order valence-electron chi connectivity index (χ2n) is 2.70. The molecule has 0 aliphatic heterocycles. The molecule has 2 aliphatic rings. The summed E-state index contributed by atoms with van der Waals surface area (Å²) in [5.41, 5.74) is 0. The van der Waals surface area contributed by atoms with E-state index in [-0.39, 0.29) is 34.1 Å². The molecule has 0 unspecified atom stereocenters. The average molecular weight is 385 g/mol. The molecule has 62 valence electrons. The summed E-state index contributed by atoms with van der Waals surface area (Å²) in [6.07, 6.45) is 16.2. The van der Waals surface area contributed by atoms with Crippen LogP contribution in [0.2, 0.25) is 0 Å². The minimum atomic E-state index is 0.256. The van der Waals surface area contributed by atoms with E-state index in [4.69, 9.17) is 0 Å². The zero-order valence-corrected chi connectivity index (χ0v) is 11.4. The molecule has 0 heterocycles. The molecule has 0 aromatic rings. The first-order valence-electron chi connectivity index (χ1n) is 4.01. The fraction of sp³-hybridized carbons (Fsp3) is 0.200. The van der Waals surface area contributed by atoms with E-state index in [0.717, 1.165) is 0 Å². The SMILES string of the molecule is C1=CCC([Te][Te]C2=CC=CC2)=C1. The molecule has 2 aliphatic carbocycles. The van der Waals surface area contributed by atoms with Crippen LogP contribution < -0.4 is 0 Å². The van der Waals surface area contributed by atoms with Crippen molar-refractivity contribution >= 4 is 34.1 Å². The van der Waals surface area contributed by atoms with Crippen LogP contribution in [0, 0.1) is 0 Å². The zero-order chi connectivity index (χ0) is 8.23. The van der Waals surface area contributed by atoms with E-state index in [9.17, 15) is 0 Å². The van der Waals surface area contributed by atoms with Gasteiger partial charge in [-0.3, -0.25) is 0 Å². The minimum absolute atomic E-state index is 0.256. The van der Waals surface area contributed by atoms with Crippen LogP contribution in [-0.2, 0) is 0 Å². The van der Waals surface area contributed by atoms with Gasteiger partial charge in [-0.2, -0.15) is 0 Å². The van der Waals surface area contributed by atoms with Crippen LogP contribution in [0.1, 0.15) is 12.8 Å². The van der Waals surface area contributed by atoms with Crippen molar-refractivity contribution in [3.05, 3.63) is 43.7 Å². The van der Waals surface area contributed by atoms with Crippen molar-refractivity contribution in [2.24, 2.45) is 0 Å². The zero-order valence-electron chi connectivity index (χ0n) is 6.69. The Bertz CT molecular complexity index is 252. The van der Waals surface area contributed by atoms with Gasteiger partial charge in [-0.1, -0.05) is 0 Å². The average Bonchev–Trinajstić information content (AvgIpc) is 2.74. The van der Waals surface area contributed by atoms with Gasteiger partial charge in [0, 0.05) is 0 Å². The normalized spacial score (nSPS) is 20.0. The third-order valence-corrected chi connectivity index (χ3v) is 14.7. The van der Waals surface area contributed by atoms with E-state index in [1.165, 1.54) is 12.8 Å². The molecular formula is C10H10Te2. The molecule has 2 rings (SSSR count). The van der Waals surface area contributed by atoms with Crippen molar-refractivity contribution in [2.45, 2.75) is 12.8 Å². The van der Waals surface area contributed by atoms with Gasteiger partial charge in [-0.25, -0.2) is 0 Å². The van der Waals surface area contributed by atoms with Gasteiger partial charge in [0.1, 0.15) is 0 Å². The Morgan fingerprint density at radius 3 is 1.67 bits per heavy atom. The van der Waals surface area contributed by atoms with Crippen LogP contribution in [0.25, 0.3) is 0 Å². The number of hydrogen-bond donors (Lipinski definition) is 0. The van der Waals surface area contributed by atoms with Gasteiger partial charge in [-0.05, 0) is 0 Å². The van der Waals surface area contributed by atoms with E-state index in [1.807, 2.05) is 0 Å². The summed E-state index contributed by atoms with van der Waals surface area (Å²) in [6, 6.07) is 0. The van der Waals surface area contributed by atoms with E-state index >= 15 is 0 Å². The Balaban J connectivity index is 1.75. The molecule has 2 heteroatoms. The summed E-state index contributed by atoms with van der Waals surface area (Å²) in [7, 11) is 0. The standard InChI is InChI=1S/C10H10Te2/c1-2-6-9(5-1)11-12-10-7-3-4-8-10/h1-5,7H,6,8H2. The van der Waals surface area contributed by atoms with E-state index in [1.54, 1.807) is 7.24 Å². The van der Waals surface area contributed by atoms with Crippen LogP contribution in [-0.4, -0.2) is 34.1 Å². The van der Waals surface area contributed by atoms with E-state index in [2.05, 4.69) is 36.5 Å². The van der Waals surface area contributed by atoms with Crippen LogP contribution in [0.15, 0.2) is 43.7 Å². The van der Waals surface area contributed by atoms with Gasteiger partial charge < -0.3 is 0 Å². The molecule has 0 N–H and O–H groups in total. The molecule has 0 aromatic carbocycles. The van der Waals surface area contributed by atoms with Crippen LogP contribution in [0.5, 0.6) is 0 Å². The predicted octanol–water partition coefficient (Wildman–Crippen LogP) is 2.00. The first-order valence-corrected chi connectivity index (χ1v) is 13.7. The van der Waals surface area contributed by atoms with Crippen molar-refractivity contribution in [3.8, 4) is 0 Å². The molecule has 0 atom stereocenters. The van der Waals surface area contributed by atoms with E-state index < -0.39 is 0 Å². The van der Waals surface area contributed by atoms with Crippen molar-refractivity contribution in [3.63, 3.8) is 0 Å². The number of hydrogen-bond acceptors (Lipinski definition) is 0. The van der Waals surface area contributed by atoms with Crippen LogP contribution in [0.3, 0.4) is 0 Å². The molecule has 0 fully saturated rings. The third-order valence-electron chi connectivity index (χ3n) is 1.73. The summed E-state index contributed by atoms with van der Waals surface area (Å²) < 4.78 is 3.55. The molecule has 0 saturated carbocycles. The molecule has 0 spiro atoms. The third kappa shape index (κ3) is 2.51. The first-order chi connectivity index (χ1) is 5.95. The number of allylic oxidation sites excluding steroid dienone is 8. The summed E-state index contributed by atoms with van der Waals surface area (Å²) >= 11 is 0.511. The molecular weight excluding hydrogens is 375 g/mol. The van der Waals surface area contributed by atoms with Gasteiger partial charge in [0.25, 0.3) is 0 Å². The molecule has 0 saturated heterocycles. The molecule has 0 aromatic heterocycles. The molecule has 0 amide bonds. The number of rotatable bonds is 3. The first kappa shape index (κ1) is 9.11. The Kier molecular flexibility index (Phi) is 3.56. The van der Waals surface area contributed by atoms with Crippen LogP contribution >= 0.6 is 0 Å². The van der Waals surface area contributed by atoms with Gasteiger partial charge in [-0.15, -0.1) is 0 Å². The van der Waals surface area contributed by atoms with Gasteiger partial charge >= 0.3 is 90.7 Å². The Morgan fingerprint density at radius 2 is 1.33 bits per heavy atom. The van der Waals surface area contributed by atoms with Crippen LogP contribution in [0.4, 0.5) is 0 Å². The second-order valence-corrected chi connectivity index (χ2v) is 13.0. The molecule has 12 heavy (non-hydrogen) atoms. The fourth-order valence-corrected chi connectivity index (χ4v) is 12.2. The molecule has 0 radical (unpaired) electrons. The molecule has 0 bridgehead atoms. The monoisotopic (exact) mass is 390 g/mol. The van der Waals surface area contributed by atoms with Crippen molar-refractivity contribution in [2.75, 3.05) is 0 Å². The topological polar surface area (TPSA) is 0 Å². The van der Waals surface area contributed by atoms with Crippen molar-refractivity contribution in [1.29, 1.82) is 0 Å². The van der Waals surface area contributed by atoms with Crippen molar-refractivity contribution < 1.29 is 0 Å². The summed E-state index contributed by atoms with van der Waals surface area (Å²) in [5.74, 6) is 0. The van der Waals surface area contributed by atoms with Crippen molar-refractivity contribution in [1.82, 2.24) is 0 Å². The fourth-order valence-electron chi connectivity index (χ4n) is 1.09. The quantitative estimate of drug-likeness (QED) is 0.652. The summed E-state index contributed by atoms with van der Waals surface area (Å²) in [5, 5.41) is 0. The Labute approximate surface area is 89.8 Å². The Hall–Kier alpha value is 0.539.